The first-order chi connectivity index (χ1) is 23.9. The van der Waals surface area contributed by atoms with Crippen LogP contribution in [0.3, 0.4) is 0 Å². The van der Waals surface area contributed by atoms with E-state index in [0.717, 1.165) is 16.5 Å². The Kier molecular flexibility index (Phi) is 8.63. The molecule has 2 aromatic heterocycles. The Morgan fingerprint density at radius 1 is 0.898 bits per heavy atom. The number of carbonyl (C=O) groups excluding carboxylic acids is 1. The molecule has 0 unspecified atom stereocenters. The van der Waals surface area contributed by atoms with Crippen LogP contribution in [0.25, 0.3) is 17.0 Å². The molecule has 6 aromatic rings. The molecule has 0 bridgehead atoms. The molecule has 1 aliphatic rings. The minimum absolute atomic E-state index is 0.264. The van der Waals surface area contributed by atoms with Crippen molar-refractivity contribution >= 4 is 39.9 Å². The zero-order chi connectivity index (χ0) is 34.1. The maximum absolute atomic E-state index is 14.5. The van der Waals surface area contributed by atoms with Gasteiger partial charge in [0.15, 0.2) is 16.3 Å². The van der Waals surface area contributed by atoms with Gasteiger partial charge in [-0.1, -0.05) is 78.1 Å². The lowest BCUT2D eigenvalue weighted by Crippen LogP contribution is -2.40. The summed E-state index contributed by atoms with van der Waals surface area (Å²) in [5, 5.41) is 4.03. The highest BCUT2D eigenvalue weighted by Crippen LogP contribution is 2.42. The van der Waals surface area contributed by atoms with Crippen LogP contribution < -0.4 is 34.4 Å². The number of nitrogens with zero attached hydrogens (tertiary/aromatic N) is 3. The molecule has 0 fully saturated rings. The van der Waals surface area contributed by atoms with Gasteiger partial charge in [-0.15, -0.1) is 0 Å². The number of methoxy groups -OCH3 is 3. The van der Waals surface area contributed by atoms with Gasteiger partial charge >= 0.3 is 0 Å². The molecule has 1 N–H and O–H groups in total. The van der Waals surface area contributed by atoms with Crippen LogP contribution in [0.2, 0.25) is 0 Å². The number of aromatic nitrogens is 2. The molecule has 246 valence electrons. The minimum Gasteiger partial charge on any atom is -0.493 e. The van der Waals surface area contributed by atoms with Crippen molar-refractivity contribution in [3.05, 3.63) is 151 Å². The van der Waals surface area contributed by atoms with Crippen LogP contribution in [0.5, 0.6) is 17.2 Å². The molecule has 10 heteroatoms. The quantitative estimate of drug-likeness (QED) is 0.207. The van der Waals surface area contributed by atoms with Gasteiger partial charge in [-0.05, 0) is 54.5 Å². The molecule has 7 rings (SSSR count). The molecule has 49 heavy (non-hydrogen) atoms. The van der Waals surface area contributed by atoms with E-state index in [2.05, 4.69) is 40.3 Å². The van der Waals surface area contributed by atoms with Gasteiger partial charge in [0.05, 0.1) is 43.2 Å². The van der Waals surface area contributed by atoms with E-state index < -0.39 is 6.04 Å². The number of thiazole rings is 1. The molecule has 0 saturated carbocycles. The maximum atomic E-state index is 14.5. The predicted molar refractivity (Wildman–Crippen MR) is 192 cm³/mol. The highest BCUT2D eigenvalue weighted by atomic mass is 32.1. The molecule has 0 saturated heterocycles. The summed E-state index contributed by atoms with van der Waals surface area (Å²) < 4.78 is 21.2. The van der Waals surface area contributed by atoms with Crippen molar-refractivity contribution in [2.24, 2.45) is 4.99 Å². The van der Waals surface area contributed by atoms with Crippen molar-refractivity contribution in [1.82, 2.24) is 9.13 Å². The van der Waals surface area contributed by atoms with E-state index in [4.69, 9.17) is 19.2 Å². The Hall–Kier alpha value is -5.87. The smallest absolute Gasteiger partial charge is 0.271 e. The second kappa shape index (κ2) is 13.3. The van der Waals surface area contributed by atoms with Gasteiger partial charge in [0.25, 0.3) is 11.5 Å². The lowest BCUT2D eigenvalue weighted by atomic mass is 9.94. The first-order valence-electron chi connectivity index (χ1n) is 15.7. The van der Waals surface area contributed by atoms with Crippen molar-refractivity contribution in [1.29, 1.82) is 0 Å². The average molecular weight is 671 g/mol. The van der Waals surface area contributed by atoms with Crippen molar-refractivity contribution in [3.63, 3.8) is 0 Å². The molecule has 0 radical (unpaired) electrons. The number of para-hydroxylation sites is 2. The van der Waals surface area contributed by atoms with Gasteiger partial charge in [0.1, 0.15) is 0 Å². The fourth-order valence-electron chi connectivity index (χ4n) is 6.35. The van der Waals surface area contributed by atoms with Crippen LogP contribution in [0, 0.1) is 0 Å². The molecular formula is C39H34N4O5S. The number of benzene rings is 4. The van der Waals surface area contributed by atoms with Crippen molar-refractivity contribution in [2.75, 3.05) is 26.6 Å². The Labute approximate surface area is 286 Å². The highest BCUT2D eigenvalue weighted by molar-refractivity contribution is 7.07. The highest BCUT2D eigenvalue weighted by Gasteiger charge is 2.34. The summed E-state index contributed by atoms with van der Waals surface area (Å²) in [4.78, 5) is 33.9. The molecule has 0 spiro atoms. The standard InChI is InChI=1S/C39H34N4O5S/c1-24-34(37(44)41-28-15-9-6-10-16-28)35(26-19-31(46-2)36(48-4)32(20-26)47-3)43-38(45)33(49-39(43)40-24)21-27-23-42(22-25-13-7-5-8-14-25)30-18-12-11-17-29(27)30/h5-21,23,35H,22H2,1-4H3,(H,41,44)/b33-21-/t35-/m0/s1. The average Bonchev–Trinajstić information content (AvgIpc) is 3.63. The molecule has 3 heterocycles. The Balaban J connectivity index is 1.41. The summed E-state index contributed by atoms with van der Waals surface area (Å²) in [7, 11) is 4.60. The van der Waals surface area contributed by atoms with Crippen LogP contribution in [0.15, 0.2) is 124 Å². The van der Waals surface area contributed by atoms with E-state index in [9.17, 15) is 9.59 Å². The second-order valence-corrected chi connectivity index (χ2v) is 12.6. The van der Waals surface area contributed by atoms with Crippen molar-refractivity contribution < 1.29 is 19.0 Å². The van der Waals surface area contributed by atoms with Crippen molar-refractivity contribution in [2.45, 2.75) is 19.5 Å². The van der Waals surface area contributed by atoms with Gasteiger partial charge in [-0.3, -0.25) is 14.2 Å². The molecule has 0 aliphatic carbocycles. The first-order valence-corrected chi connectivity index (χ1v) is 16.5. The third-order valence-electron chi connectivity index (χ3n) is 8.60. The van der Waals surface area contributed by atoms with E-state index in [1.165, 1.54) is 38.2 Å². The van der Waals surface area contributed by atoms with Crippen LogP contribution in [0.4, 0.5) is 5.69 Å². The molecule has 1 aliphatic heterocycles. The monoisotopic (exact) mass is 670 g/mol. The SMILES string of the molecule is COc1cc([C@H]2C(C(=O)Nc3ccccc3)=C(C)N=c3s/c(=C\c4cn(Cc5ccccc5)c5ccccc45)c(=O)n32)cc(OC)c1OC. The predicted octanol–water partition coefficient (Wildman–Crippen LogP) is 5.90. The molecule has 1 amide bonds. The second-order valence-electron chi connectivity index (χ2n) is 11.6. The van der Waals surface area contributed by atoms with Crippen LogP contribution in [-0.2, 0) is 11.3 Å². The van der Waals surface area contributed by atoms with Gasteiger partial charge in [0.2, 0.25) is 5.75 Å². The van der Waals surface area contributed by atoms with Gasteiger partial charge < -0.3 is 24.1 Å². The maximum Gasteiger partial charge on any atom is 0.271 e. The summed E-state index contributed by atoms with van der Waals surface area (Å²) in [6, 6.07) is 30.3. The normalized spacial score (nSPS) is 14.4. The molecule has 4 aromatic carbocycles. The van der Waals surface area contributed by atoms with E-state index in [1.807, 2.05) is 66.7 Å². The Bertz CT molecular complexity index is 2380. The van der Waals surface area contributed by atoms with E-state index in [-0.39, 0.29) is 11.5 Å². The number of fused-ring (bicyclic) bond motifs is 2. The zero-order valence-corrected chi connectivity index (χ0v) is 28.3. The van der Waals surface area contributed by atoms with Crippen LogP contribution in [0.1, 0.15) is 29.7 Å². The van der Waals surface area contributed by atoms with Gasteiger partial charge in [-0.2, -0.15) is 0 Å². The number of nitrogens with one attached hydrogen (secondary N) is 1. The van der Waals surface area contributed by atoms with Crippen molar-refractivity contribution in [3.8, 4) is 17.2 Å². The van der Waals surface area contributed by atoms with Crippen LogP contribution >= 0.6 is 11.3 Å². The minimum atomic E-state index is -0.838. The topological polar surface area (TPSA) is 96.1 Å². The number of anilines is 1. The van der Waals surface area contributed by atoms with Gasteiger partial charge in [-0.25, -0.2) is 4.99 Å². The van der Waals surface area contributed by atoms with E-state index >= 15 is 0 Å². The fraction of sp³-hybridized carbons (Fsp3) is 0.154. The number of carbonyl (C=O) groups is 1. The third kappa shape index (κ3) is 5.91. The number of amides is 1. The number of ether oxygens (including phenoxy) is 3. The molecule has 9 nitrogen and oxygen atoms in total. The number of rotatable bonds is 9. The number of hydrogen-bond donors (Lipinski definition) is 1. The summed E-state index contributed by atoms with van der Waals surface area (Å²) in [6.45, 7) is 2.48. The Morgan fingerprint density at radius 2 is 1.55 bits per heavy atom. The largest absolute Gasteiger partial charge is 0.493 e. The zero-order valence-electron chi connectivity index (χ0n) is 27.5. The third-order valence-corrected chi connectivity index (χ3v) is 9.59. The van der Waals surface area contributed by atoms with Crippen LogP contribution in [-0.4, -0.2) is 36.4 Å². The lowest BCUT2D eigenvalue weighted by molar-refractivity contribution is -0.113. The summed E-state index contributed by atoms with van der Waals surface area (Å²) >= 11 is 1.29. The van der Waals surface area contributed by atoms with E-state index in [0.29, 0.717) is 55.6 Å². The summed E-state index contributed by atoms with van der Waals surface area (Å²) in [6.07, 6.45) is 4.00. The Morgan fingerprint density at radius 3 is 2.22 bits per heavy atom. The number of hydrogen-bond acceptors (Lipinski definition) is 7. The van der Waals surface area contributed by atoms with Gasteiger partial charge in [0, 0.05) is 34.9 Å². The summed E-state index contributed by atoms with van der Waals surface area (Å²) in [5.74, 6) is 0.846. The fourth-order valence-corrected chi connectivity index (χ4v) is 7.39. The lowest BCUT2D eigenvalue weighted by Gasteiger charge is -2.26. The first kappa shape index (κ1) is 31.7. The number of allylic oxidation sites excluding steroid dienone is 1. The molecular weight excluding hydrogens is 637 g/mol. The molecule has 1 atom stereocenters. The summed E-state index contributed by atoms with van der Waals surface area (Å²) in [5.41, 5.74) is 4.96. The van der Waals surface area contributed by atoms with E-state index in [1.54, 1.807) is 23.6 Å².